The van der Waals surface area contributed by atoms with E-state index in [1.807, 2.05) is 31.2 Å². The van der Waals surface area contributed by atoms with Gasteiger partial charge in [0.15, 0.2) is 0 Å². The molecule has 110 valence electrons. The largest absolute Gasteiger partial charge is 0.330 e. The number of H-pyrrole nitrogens is 1. The molecule has 0 atom stereocenters. The average molecular weight is 375 g/mol. The molecule has 0 bridgehead atoms. The molecule has 3 aromatic rings. The number of halogens is 1. The predicted octanol–water partition coefficient (Wildman–Crippen LogP) is 3.12. The van der Waals surface area contributed by atoms with Gasteiger partial charge in [-0.15, -0.1) is 17.8 Å². The van der Waals surface area contributed by atoms with Crippen molar-refractivity contribution in [1.82, 2.24) is 9.55 Å². The maximum absolute atomic E-state index is 12.7. The summed E-state index contributed by atoms with van der Waals surface area (Å²) in [6.45, 7) is 1.89. The van der Waals surface area contributed by atoms with Crippen molar-refractivity contribution in [3.63, 3.8) is 0 Å². The summed E-state index contributed by atoms with van der Waals surface area (Å²) in [7, 11) is 0. The topological polar surface area (TPSA) is 54.9 Å². The van der Waals surface area contributed by atoms with E-state index in [1.165, 1.54) is 11.3 Å². The predicted molar refractivity (Wildman–Crippen MR) is 93.4 cm³/mol. The Kier molecular flexibility index (Phi) is 3.77. The first-order valence-electron chi connectivity index (χ1n) is 6.48. The van der Waals surface area contributed by atoms with Crippen LogP contribution < -0.4 is 11.2 Å². The first-order valence-corrected chi connectivity index (χ1v) is 8.09. The molecular weight excluding hydrogens is 364 g/mol. The Balaban J connectivity index is 2.41. The molecule has 6 heteroatoms. The number of hydrogen-bond donors (Lipinski definition) is 1. The van der Waals surface area contributed by atoms with E-state index in [2.05, 4.69) is 26.8 Å². The molecule has 22 heavy (non-hydrogen) atoms. The Hall–Kier alpha value is -2.10. The molecule has 0 unspecified atom stereocenters. The molecule has 0 saturated heterocycles. The summed E-state index contributed by atoms with van der Waals surface area (Å²) < 4.78 is 2.02. The zero-order valence-corrected chi connectivity index (χ0v) is 14.0. The molecule has 1 N–H and O–H groups in total. The number of nitrogens with one attached hydrogen (secondary N) is 1. The molecule has 0 spiro atoms. The molecule has 0 aliphatic carbocycles. The van der Waals surface area contributed by atoms with Gasteiger partial charge in [0, 0.05) is 14.9 Å². The van der Waals surface area contributed by atoms with Gasteiger partial charge in [-0.05, 0) is 24.6 Å². The Labute approximate surface area is 138 Å². The molecule has 1 aromatic carbocycles. The van der Waals surface area contributed by atoms with Gasteiger partial charge in [0.25, 0.3) is 5.56 Å². The van der Waals surface area contributed by atoms with Crippen molar-refractivity contribution in [2.45, 2.75) is 13.5 Å². The molecule has 0 aliphatic heterocycles. The molecule has 0 saturated carbocycles. The third kappa shape index (κ3) is 2.32. The van der Waals surface area contributed by atoms with Crippen LogP contribution in [0.5, 0.6) is 0 Å². The van der Waals surface area contributed by atoms with E-state index < -0.39 is 5.69 Å². The van der Waals surface area contributed by atoms with Gasteiger partial charge in [0.05, 0.1) is 11.9 Å². The first-order chi connectivity index (χ1) is 10.5. The third-order valence-electron chi connectivity index (χ3n) is 3.39. The lowest BCUT2D eigenvalue weighted by Crippen LogP contribution is -2.34. The zero-order chi connectivity index (χ0) is 15.9. The highest BCUT2D eigenvalue weighted by Gasteiger charge is 2.17. The molecule has 0 aliphatic rings. The molecule has 0 fully saturated rings. The number of aromatic nitrogens is 2. The maximum atomic E-state index is 12.7. The van der Waals surface area contributed by atoms with E-state index in [1.54, 1.807) is 0 Å². The van der Waals surface area contributed by atoms with E-state index in [4.69, 9.17) is 6.42 Å². The number of terminal acetylenes is 1. The van der Waals surface area contributed by atoms with Crippen LogP contribution in [0.1, 0.15) is 4.88 Å². The average Bonchev–Trinajstić information content (AvgIpc) is 2.80. The monoisotopic (exact) mass is 374 g/mol. The lowest BCUT2D eigenvalue weighted by Gasteiger charge is -2.04. The summed E-state index contributed by atoms with van der Waals surface area (Å²) in [5.41, 5.74) is 0.959. The van der Waals surface area contributed by atoms with Gasteiger partial charge in [-0.2, -0.15) is 0 Å². The number of fused-ring (bicyclic) bond motifs is 1. The maximum Gasteiger partial charge on any atom is 0.330 e. The fourth-order valence-electron chi connectivity index (χ4n) is 2.43. The minimum Gasteiger partial charge on any atom is -0.298 e. The van der Waals surface area contributed by atoms with Crippen LogP contribution in [0.25, 0.3) is 21.3 Å². The highest BCUT2D eigenvalue weighted by Crippen LogP contribution is 2.35. The molecule has 3 rings (SSSR count). The molecule has 4 nitrogen and oxygen atoms in total. The van der Waals surface area contributed by atoms with Crippen LogP contribution in [0.4, 0.5) is 0 Å². The summed E-state index contributed by atoms with van der Waals surface area (Å²) in [4.78, 5) is 28.9. The van der Waals surface area contributed by atoms with Gasteiger partial charge in [-0.3, -0.25) is 9.78 Å². The minimum absolute atomic E-state index is 0.0429. The minimum atomic E-state index is -0.473. The number of aromatic amines is 1. The zero-order valence-electron chi connectivity index (χ0n) is 11.6. The Morgan fingerprint density at radius 3 is 2.64 bits per heavy atom. The van der Waals surface area contributed by atoms with Crippen molar-refractivity contribution < 1.29 is 0 Å². The number of thiophene rings is 1. The van der Waals surface area contributed by atoms with Gasteiger partial charge in [-0.1, -0.05) is 34.0 Å². The van der Waals surface area contributed by atoms with Crippen molar-refractivity contribution in [2.24, 2.45) is 0 Å². The standard InChI is InChI=1S/C16H11BrN2O2S/c1-3-8-19-15(20)13-12(10-4-6-11(17)7-5-10)9(2)22-14(13)18-16(19)21/h1,4-7H,8H2,2H3,(H,18,21). The first kappa shape index (κ1) is 14.8. The molecular formula is C16H11BrN2O2S. The van der Waals surface area contributed by atoms with Crippen LogP contribution >= 0.6 is 27.3 Å². The fourth-order valence-corrected chi connectivity index (χ4v) is 3.75. The van der Waals surface area contributed by atoms with Crippen molar-refractivity contribution in [2.75, 3.05) is 0 Å². The van der Waals surface area contributed by atoms with Crippen LogP contribution in [0.3, 0.4) is 0 Å². The SMILES string of the molecule is C#CCn1c(=O)[nH]c2sc(C)c(-c3ccc(Br)cc3)c2c1=O. The van der Waals surface area contributed by atoms with Crippen molar-refractivity contribution in [3.8, 4) is 23.5 Å². The van der Waals surface area contributed by atoms with Crippen molar-refractivity contribution in [3.05, 3.63) is 54.5 Å². The normalized spacial score (nSPS) is 10.8. The number of nitrogens with zero attached hydrogens (tertiary/aromatic N) is 1. The number of rotatable bonds is 2. The van der Waals surface area contributed by atoms with E-state index in [-0.39, 0.29) is 12.1 Å². The Morgan fingerprint density at radius 2 is 2.00 bits per heavy atom. The fraction of sp³-hybridized carbons (Fsp3) is 0.125. The third-order valence-corrected chi connectivity index (χ3v) is 4.94. The van der Waals surface area contributed by atoms with E-state index >= 15 is 0 Å². The van der Waals surface area contributed by atoms with Gasteiger partial charge >= 0.3 is 5.69 Å². The van der Waals surface area contributed by atoms with Crippen LogP contribution in [0, 0.1) is 19.3 Å². The van der Waals surface area contributed by atoms with E-state index in [0.29, 0.717) is 10.2 Å². The molecule has 0 radical (unpaired) electrons. The number of aryl methyl sites for hydroxylation is 1. The molecule has 2 aromatic heterocycles. The van der Waals surface area contributed by atoms with Crippen LogP contribution in [0.2, 0.25) is 0 Å². The molecule has 0 amide bonds. The van der Waals surface area contributed by atoms with Crippen molar-refractivity contribution in [1.29, 1.82) is 0 Å². The second-order valence-corrected chi connectivity index (χ2v) is 6.91. The highest BCUT2D eigenvalue weighted by atomic mass is 79.9. The second kappa shape index (κ2) is 5.59. The highest BCUT2D eigenvalue weighted by molar-refractivity contribution is 9.10. The smallest absolute Gasteiger partial charge is 0.298 e. The lowest BCUT2D eigenvalue weighted by molar-refractivity contribution is 0.743. The quantitative estimate of drug-likeness (QED) is 0.700. The Bertz CT molecular complexity index is 1020. The summed E-state index contributed by atoms with van der Waals surface area (Å²) in [6, 6.07) is 7.72. The summed E-state index contributed by atoms with van der Waals surface area (Å²) in [6.07, 6.45) is 5.25. The van der Waals surface area contributed by atoms with Crippen LogP contribution in [-0.2, 0) is 6.54 Å². The molecule has 2 heterocycles. The summed E-state index contributed by atoms with van der Waals surface area (Å²) >= 11 is 4.80. The van der Waals surface area contributed by atoms with E-state index in [0.717, 1.165) is 25.0 Å². The number of hydrogen-bond acceptors (Lipinski definition) is 3. The van der Waals surface area contributed by atoms with Crippen molar-refractivity contribution >= 4 is 37.5 Å². The Morgan fingerprint density at radius 1 is 1.32 bits per heavy atom. The van der Waals surface area contributed by atoms with Gasteiger partial charge in [0.1, 0.15) is 4.83 Å². The lowest BCUT2D eigenvalue weighted by atomic mass is 10.0. The van der Waals surface area contributed by atoms with E-state index in [9.17, 15) is 9.59 Å². The summed E-state index contributed by atoms with van der Waals surface area (Å²) in [5.74, 6) is 2.34. The van der Waals surface area contributed by atoms with Gasteiger partial charge < -0.3 is 0 Å². The van der Waals surface area contributed by atoms with Gasteiger partial charge in [0.2, 0.25) is 0 Å². The second-order valence-electron chi connectivity index (χ2n) is 4.77. The number of benzene rings is 1. The van der Waals surface area contributed by atoms with Crippen LogP contribution in [0.15, 0.2) is 38.3 Å². The summed E-state index contributed by atoms with van der Waals surface area (Å²) in [5, 5.41) is 0.514. The van der Waals surface area contributed by atoms with Gasteiger partial charge in [-0.25, -0.2) is 9.36 Å². The van der Waals surface area contributed by atoms with Crippen LogP contribution in [-0.4, -0.2) is 9.55 Å².